The first kappa shape index (κ1) is 9.71. The van der Waals surface area contributed by atoms with E-state index < -0.39 is 0 Å². The molecule has 15 heavy (non-hydrogen) atoms. The number of rotatable bonds is 2. The molecule has 0 saturated heterocycles. The Morgan fingerprint density at radius 3 is 2.40 bits per heavy atom. The third-order valence-electron chi connectivity index (χ3n) is 2.42. The Labute approximate surface area is 89.6 Å². The zero-order valence-corrected chi connectivity index (χ0v) is 8.90. The Balaban J connectivity index is 2.46. The quantitative estimate of drug-likeness (QED) is 0.741. The fraction of sp³-hybridized carbons (Fsp3) is 0.154. The minimum Gasteiger partial charge on any atom is -0.497 e. The number of nitrogens with zero attached hydrogens (tertiary/aromatic N) is 1. The van der Waals surface area contributed by atoms with Crippen molar-refractivity contribution in [3.05, 3.63) is 48.3 Å². The highest BCUT2D eigenvalue weighted by Crippen LogP contribution is 2.25. The van der Waals surface area contributed by atoms with Gasteiger partial charge in [-0.15, -0.1) is 0 Å². The summed E-state index contributed by atoms with van der Waals surface area (Å²) in [4.78, 5) is 4.01. The lowest BCUT2D eigenvalue weighted by Gasteiger charge is -2.07. The first-order valence-corrected chi connectivity index (χ1v) is 4.86. The average molecular weight is 199 g/mol. The second kappa shape index (κ2) is 4.13. The zero-order chi connectivity index (χ0) is 10.7. The predicted molar refractivity (Wildman–Crippen MR) is 61.0 cm³/mol. The normalized spacial score (nSPS) is 10.0. The van der Waals surface area contributed by atoms with Crippen LogP contribution in [0.25, 0.3) is 11.1 Å². The van der Waals surface area contributed by atoms with Gasteiger partial charge in [-0.3, -0.25) is 4.98 Å². The number of hydrogen-bond acceptors (Lipinski definition) is 2. The van der Waals surface area contributed by atoms with E-state index in [0.29, 0.717) is 0 Å². The van der Waals surface area contributed by atoms with Crippen molar-refractivity contribution in [2.45, 2.75) is 6.92 Å². The van der Waals surface area contributed by atoms with Crippen molar-refractivity contribution < 1.29 is 4.74 Å². The summed E-state index contributed by atoms with van der Waals surface area (Å²) >= 11 is 0. The van der Waals surface area contributed by atoms with E-state index in [1.165, 1.54) is 16.7 Å². The van der Waals surface area contributed by atoms with E-state index in [2.05, 4.69) is 18.0 Å². The highest BCUT2D eigenvalue weighted by Gasteiger charge is 2.02. The van der Waals surface area contributed by atoms with Gasteiger partial charge >= 0.3 is 0 Å². The maximum absolute atomic E-state index is 5.17. The lowest BCUT2D eigenvalue weighted by Crippen LogP contribution is -1.87. The van der Waals surface area contributed by atoms with Gasteiger partial charge < -0.3 is 4.74 Å². The molecule has 2 rings (SSSR count). The molecule has 0 aliphatic rings. The molecule has 0 unspecified atom stereocenters. The maximum Gasteiger partial charge on any atom is 0.119 e. The summed E-state index contributed by atoms with van der Waals surface area (Å²) in [6.07, 6.45) is 3.61. The molecular formula is C13H13NO. The number of hydrogen-bond donors (Lipinski definition) is 0. The molecule has 0 N–H and O–H groups in total. The van der Waals surface area contributed by atoms with Crippen molar-refractivity contribution in [3.63, 3.8) is 0 Å². The lowest BCUT2D eigenvalue weighted by molar-refractivity contribution is 0.414. The van der Waals surface area contributed by atoms with Gasteiger partial charge in [-0.25, -0.2) is 0 Å². The van der Waals surface area contributed by atoms with Crippen LogP contribution >= 0.6 is 0 Å². The van der Waals surface area contributed by atoms with Crippen LogP contribution in [0.1, 0.15) is 5.56 Å². The smallest absolute Gasteiger partial charge is 0.119 e. The topological polar surface area (TPSA) is 22.1 Å². The average Bonchev–Trinajstić information content (AvgIpc) is 2.30. The molecule has 1 heterocycles. The summed E-state index contributed by atoms with van der Waals surface area (Å²) in [5, 5.41) is 0. The highest BCUT2D eigenvalue weighted by molar-refractivity contribution is 5.67. The molecule has 0 spiro atoms. The Hall–Kier alpha value is -1.83. The maximum atomic E-state index is 5.17. The van der Waals surface area contributed by atoms with Crippen LogP contribution in [-0.4, -0.2) is 12.1 Å². The third kappa shape index (κ3) is 1.99. The summed E-state index contributed by atoms with van der Waals surface area (Å²) in [5.74, 6) is 0.894. The van der Waals surface area contributed by atoms with Gasteiger partial charge in [-0.2, -0.15) is 0 Å². The Morgan fingerprint density at radius 1 is 1.07 bits per heavy atom. The number of ether oxygens (including phenoxy) is 1. The molecule has 0 amide bonds. The fourth-order valence-corrected chi connectivity index (χ4v) is 1.62. The van der Waals surface area contributed by atoms with Gasteiger partial charge in [-0.1, -0.05) is 6.07 Å². The molecule has 2 aromatic rings. The Bertz CT molecular complexity index is 451. The molecule has 2 heteroatoms. The summed E-state index contributed by atoms with van der Waals surface area (Å²) < 4.78 is 5.17. The molecule has 76 valence electrons. The van der Waals surface area contributed by atoms with Crippen LogP contribution in [-0.2, 0) is 0 Å². The molecule has 0 fully saturated rings. The predicted octanol–water partition coefficient (Wildman–Crippen LogP) is 3.07. The van der Waals surface area contributed by atoms with Crippen molar-refractivity contribution in [2.24, 2.45) is 0 Å². The van der Waals surface area contributed by atoms with Crippen LogP contribution in [0.2, 0.25) is 0 Å². The van der Waals surface area contributed by atoms with E-state index in [4.69, 9.17) is 4.74 Å². The third-order valence-corrected chi connectivity index (χ3v) is 2.42. The van der Waals surface area contributed by atoms with Crippen molar-refractivity contribution >= 4 is 0 Å². The number of methoxy groups -OCH3 is 1. The number of benzene rings is 1. The number of aromatic nitrogens is 1. The molecular weight excluding hydrogens is 186 g/mol. The standard InChI is InChI=1S/C13H13NO/c1-10-9-12(15-2)3-4-13(10)11-5-7-14-8-6-11/h3-9H,1-2H3. The van der Waals surface area contributed by atoms with Crippen molar-refractivity contribution in [3.8, 4) is 16.9 Å². The molecule has 0 saturated carbocycles. The molecule has 1 aromatic carbocycles. The lowest BCUT2D eigenvalue weighted by atomic mass is 10.0. The molecule has 0 aliphatic carbocycles. The van der Waals surface area contributed by atoms with Crippen LogP contribution in [0.15, 0.2) is 42.7 Å². The summed E-state index contributed by atoms with van der Waals surface area (Å²) in [7, 11) is 1.68. The van der Waals surface area contributed by atoms with Crippen LogP contribution in [0, 0.1) is 6.92 Å². The van der Waals surface area contributed by atoms with Crippen LogP contribution in [0.3, 0.4) is 0 Å². The van der Waals surface area contributed by atoms with Gasteiger partial charge in [0.25, 0.3) is 0 Å². The summed E-state index contributed by atoms with van der Waals surface area (Å²) in [6.45, 7) is 2.08. The van der Waals surface area contributed by atoms with Gasteiger partial charge in [0.15, 0.2) is 0 Å². The van der Waals surface area contributed by atoms with E-state index >= 15 is 0 Å². The molecule has 1 aromatic heterocycles. The molecule has 0 aliphatic heterocycles. The first-order valence-electron chi connectivity index (χ1n) is 4.86. The van der Waals surface area contributed by atoms with Crippen LogP contribution in [0.4, 0.5) is 0 Å². The van der Waals surface area contributed by atoms with Gasteiger partial charge in [0.1, 0.15) is 5.75 Å². The van der Waals surface area contributed by atoms with E-state index in [9.17, 15) is 0 Å². The van der Waals surface area contributed by atoms with Crippen molar-refractivity contribution in [2.75, 3.05) is 7.11 Å². The molecule has 0 atom stereocenters. The Morgan fingerprint density at radius 2 is 1.80 bits per heavy atom. The van der Waals surface area contributed by atoms with E-state index in [0.717, 1.165) is 5.75 Å². The largest absolute Gasteiger partial charge is 0.497 e. The number of aryl methyl sites for hydroxylation is 1. The first-order chi connectivity index (χ1) is 7.31. The van der Waals surface area contributed by atoms with Gasteiger partial charge in [0.2, 0.25) is 0 Å². The van der Waals surface area contributed by atoms with Gasteiger partial charge in [0, 0.05) is 12.4 Å². The van der Waals surface area contributed by atoms with Gasteiger partial charge in [-0.05, 0) is 47.9 Å². The minimum absolute atomic E-state index is 0.894. The molecule has 2 nitrogen and oxygen atoms in total. The SMILES string of the molecule is COc1ccc(-c2ccncc2)c(C)c1. The van der Waals surface area contributed by atoms with Crippen LogP contribution in [0.5, 0.6) is 5.75 Å². The highest BCUT2D eigenvalue weighted by atomic mass is 16.5. The van der Waals surface area contributed by atoms with Gasteiger partial charge in [0.05, 0.1) is 7.11 Å². The minimum atomic E-state index is 0.894. The van der Waals surface area contributed by atoms with E-state index in [-0.39, 0.29) is 0 Å². The van der Waals surface area contributed by atoms with Crippen molar-refractivity contribution in [1.29, 1.82) is 0 Å². The Kier molecular flexibility index (Phi) is 2.68. The summed E-state index contributed by atoms with van der Waals surface area (Å²) in [5.41, 5.74) is 3.61. The molecule has 0 radical (unpaired) electrons. The second-order valence-corrected chi connectivity index (χ2v) is 3.42. The van der Waals surface area contributed by atoms with E-state index in [1.54, 1.807) is 19.5 Å². The van der Waals surface area contributed by atoms with E-state index in [1.807, 2.05) is 24.3 Å². The number of pyridine rings is 1. The fourth-order valence-electron chi connectivity index (χ4n) is 1.62. The molecule has 0 bridgehead atoms. The summed E-state index contributed by atoms with van der Waals surface area (Å²) in [6, 6.07) is 10.1. The monoisotopic (exact) mass is 199 g/mol. The zero-order valence-electron chi connectivity index (χ0n) is 8.90. The second-order valence-electron chi connectivity index (χ2n) is 3.42. The van der Waals surface area contributed by atoms with Crippen molar-refractivity contribution in [1.82, 2.24) is 4.98 Å². The van der Waals surface area contributed by atoms with Crippen LogP contribution < -0.4 is 4.74 Å².